The van der Waals surface area contributed by atoms with Crippen molar-refractivity contribution in [3.63, 3.8) is 0 Å². The van der Waals surface area contributed by atoms with E-state index < -0.39 is 0 Å². The fourth-order valence-electron chi connectivity index (χ4n) is 2.70. The number of nitrogens with zero attached hydrogens (tertiary/aromatic N) is 2. The molecule has 1 atom stereocenters. The zero-order valence-electron chi connectivity index (χ0n) is 11.8. The van der Waals surface area contributed by atoms with Crippen molar-refractivity contribution in [2.45, 2.75) is 46.2 Å². The van der Waals surface area contributed by atoms with E-state index in [9.17, 15) is 0 Å². The first kappa shape index (κ1) is 13.6. The highest BCUT2D eigenvalue weighted by molar-refractivity contribution is 5.02. The van der Waals surface area contributed by atoms with Crippen molar-refractivity contribution in [3.05, 3.63) is 17.5 Å². The van der Waals surface area contributed by atoms with Crippen molar-refractivity contribution in [3.8, 4) is 0 Å². The maximum absolute atomic E-state index is 5.22. The van der Waals surface area contributed by atoms with E-state index in [4.69, 9.17) is 4.52 Å². The Hall–Kier alpha value is -0.870. The van der Waals surface area contributed by atoms with E-state index in [0.29, 0.717) is 6.04 Å². The Bertz CT molecular complexity index is 356. The summed E-state index contributed by atoms with van der Waals surface area (Å²) in [6, 6.07) is 2.55. The van der Waals surface area contributed by atoms with Crippen LogP contribution < -0.4 is 5.32 Å². The summed E-state index contributed by atoms with van der Waals surface area (Å²) in [5, 5.41) is 7.47. The average molecular weight is 251 g/mol. The van der Waals surface area contributed by atoms with Gasteiger partial charge in [-0.3, -0.25) is 0 Å². The summed E-state index contributed by atoms with van der Waals surface area (Å²) in [6.45, 7) is 11.0. The molecule has 1 fully saturated rings. The Morgan fingerprint density at radius 3 is 2.78 bits per heavy atom. The summed E-state index contributed by atoms with van der Waals surface area (Å²) in [5.41, 5.74) is 0.954. The maximum Gasteiger partial charge on any atom is 0.150 e. The van der Waals surface area contributed by atoms with E-state index in [1.54, 1.807) is 0 Å². The normalized spacial score (nSPS) is 20.2. The Balaban J connectivity index is 1.73. The highest BCUT2D eigenvalue weighted by Crippen LogP contribution is 2.20. The van der Waals surface area contributed by atoms with Gasteiger partial charge < -0.3 is 14.7 Å². The molecule has 4 heteroatoms. The lowest BCUT2D eigenvalue weighted by molar-refractivity contribution is 0.167. The van der Waals surface area contributed by atoms with Crippen molar-refractivity contribution in [2.24, 2.45) is 5.92 Å². The van der Waals surface area contributed by atoms with Gasteiger partial charge in [0, 0.05) is 12.1 Å². The molecule has 1 aliphatic heterocycles. The van der Waals surface area contributed by atoms with Crippen LogP contribution in [0.1, 0.15) is 38.1 Å². The first-order chi connectivity index (χ1) is 8.69. The van der Waals surface area contributed by atoms with Crippen LogP contribution in [0.2, 0.25) is 0 Å². The van der Waals surface area contributed by atoms with E-state index in [0.717, 1.165) is 23.9 Å². The minimum Gasteiger partial charge on any atom is -0.360 e. The second-order valence-corrected chi connectivity index (χ2v) is 5.38. The van der Waals surface area contributed by atoms with Crippen LogP contribution in [0.3, 0.4) is 0 Å². The van der Waals surface area contributed by atoms with E-state index in [1.807, 2.05) is 13.0 Å². The number of hydrogen-bond acceptors (Lipinski definition) is 4. The van der Waals surface area contributed by atoms with Gasteiger partial charge in [0.15, 0.2) is 5.76 Å². The lowest BCUT2D eigenvalue weighted by Crippen LogP contribution is -2.41. The van der Waals surface area contributed by atoms with Crippen LogP contribution in [-0.2, 0) is 6.54 Å². The molecule has 0 saturated carbocycles. The number of aromatic nitrogens is 1. The zero-order valence-corrected chi connectivity index (χ0v) is 11.8. The number of aryl methyl sites for hydroxylation is 1. The summed E-state index contributed by atoms with van der Waals surface area (Å²) < 4.78 is 5.22. The summed E-state index contributed by atoms with van der Waals surface area (Å²) in [5.74, 6) is 1.72. The molecule has 18 heavy (non-hydrogen) atoms. The third-order valence-corrected chi connectivity index (χ3v) is 4.06. The lowest BCUT2D eigenvalue weighted by Gasteiger charge is -2.34. The van der Waals surface area contributed by atoms with E-state index in [1.165, 1.54) is 32.5 Å². The van der Waals surface area contributed by atoms with Crippen LogP contribution in [-0.4, -0.2) is 35.7 Å². The topological polar surface area (TPSA) is 41.3 Å². The molecule has 102 valence electrons. The Morgan fingerprint density at radius 1 is 1.50 bits per heavy atom. The minimum absolute atomic E-state index is 0.550. The van der Waals surface area contributed by atoms with E-state index in [2.05, 4.69) is 29.2 Å². The molecule has 0 spiro atoms. The van der Waals surface area contributed by atoms with Crippen LogP contribution in [0.4, 0.5) is 0 Å². The molecule has 2 heterocycles. The van der Waals surface area contributed by atoms with Crippen LogP contribution in [0, 0.1) is 12.8 Å². The molecule has 0 bridgehead atoms. The molecule has 2 rings (SSSR count). The third-order valence-electron chi connectivity index (χ3n) is 4.06. The Morgan fingerprint density at radius 2 is 2.22 bits per heavy atom. The van der Waals surface area contributed by atoms with Gasteiger partial charge in [-0.2, -0.15) is 0 Å². The SMILES string of the molecule is CCN1CCC(C(C)NCc2cc(C)no2)CC1. The van der Waals surface area contributed by atoms with Crippen LogP contribution in [0.5, 0.6) is 0 Å². The molecule has 0 aromatic carbocycles. The molecule has 1 unspecified atom stereocenters. The summed E-state index contributed by atoms with van der Waals surface area (Å²) >= 11 is 0. The van der Waals surface area contributed by atoms with Crippen molar-refractivity contribution < 1.29 is 4.52 Å². The van der Waals surface area contributed by atoms with Crippen molar-refractivity contribution in [2.75, 3.05) is 19.6 Å². The fourth-order valence-corrected chi connectivity index (χ4v) is 2.70. The minimum atomic E-state index is 0.550. The van der Waals surface area contributed by atoms with Gasteiger partial charge in [0.2, 0.25) is 0 Å². The fraction of sp³-hybridized carbons (Fsp3) is 0.786. The molecule has 0 aliphatic carbocycles. The predicted octanol–water partition coefficient (Wildman–Crippen LogP) is 2.19. The summed E-state index contributed by atoms with van der Waals surface area (Å²) in [4.78, 5) is 2.53. The highest BCUT2D eigenvalue weighted by atomic mass is 16.5. The quantitative estimate of drug-likeness (QED) is 0.871. The maximum atomic E-state index is 5.22. The molecule has 1 aliphatic rings. The molecule has 1 N–H and O–H groups in total. The lowest BCUT2D eigenvalue weighted by atomic mass is 9.90. The molecular weight excluding hydrogens is 226 g/mol. The molecule has 1 saturated heterocycles. The number of piperidine rings is 1. The van der Waals surface area contributed by atoms with Gasteiger partial charge in [-0.1, -0.05) is 12.1 Å². The average Bonchev–Trinajstić information content (AvgIpc) is 2.82. The number of hydrogen-bond donors (Lipinski definition) is 1. The van der Waals surface area contributed by atoms with Gasteiger partial charge >= 0.3 is 0 Å². The Labute approximate surface area is 110 Å². The van der Waals surface area contributed by atoms with Gasteiger partial charge in [-0.05, 0) is 52.2 Å². The first-order valence-electron chi connectivity index (χ1n) is 7.07. The molecule has 0 radical (unpaired) electrons. The molecule has 4 nitrogen and oxygen atoms in total. The second kappa shape index (κ2) is 6.34. The largest absolute Gasteiger partial charge is 0.360 e. The number of nitrogens with one attached hydrogen (secondary N) is 1. The van der Waals surface area contributed by atoms with Crippen molar-refractivity contribution in [1.82, 2.24) is 15.4 Å². The van der Waals surface area contributed by atoms with E-state index >= 15 is 0 Å². The van der Waals surface area contributed by atoms with Gasteiger partial charge in [0.25, 0.3) is 0 Å². The first-order valence-corrected chi connectivity index (χ1v) is 7.07. The number of rotatable bonds is 5. The number of likely N-dealkylation sites (tertiary alicyclic amines) is 1. The monoisotopic (exact) mass is 251 g/mol. The molecule has 0 amide bonds. The smallest absolute Gasteiger partial charge is 0.150 e. The molecule has 1 aromatic heterocycles. The Kier molecular flexibility index (Phi) is 4.78. The van der Waals surface area contributed by atoms with Gasteiger partial charge in [0.1, 0.15) is 0 Å². The van der Waals surface area contributed by atoms with Gasteiger partial charge in [-0.25, -0.2) is 0 Å². The van der Waals surface area contributed by atoms with Gasteiger partial charge in [0.05, 0.1) is 12.2 Å². The van der Waals surface area contributed by atoms with Crippen LogP contribution in [0.15, 0.2) is 10.6 Å². The van der Waals surface area contributed by atoms with Crippen molar-refractivity contribution >= 4 is 0 Å². The second-order valence-electron chi connectivity index (χ2n) is 5.38. The van der Waals surface area contributed by atoms with Gasteiger partial charge in [-0.15, -0.1) is 0 Å². The zero-order chi connectivity index (χ0) is 13.0. The standard InChI is InChI=1S/C14H25N3O/c1-4-17-7-5-13(6-8-17)12(3)15-10-14-9-11(2)16-18-14/h9,12-13,15H,4-8,10H2,1-3H3. The van der Waals surface area contributed by atoms with Crippen LogP contribution in [0.25, 0.3) is 0 Å². The molecular formula is C14H25N3O. The summed E-state index contributed by atoms with van der Waals surface area (Å²) in [7, 11) is 0. The highest BCUT2D eigenvalue weighted by Gasteiger charge is 2.22. The predicted molar refractivity (Wildman–Crippen MR) is 72.4 cm³/mol. The van der Waals surface area contributed by atoms with Crippen LogP contribution >= 0.6 is 0 Å². The summed E-state index contributed by atoms with van der Waals surface area (Å²) in [6.07, 6.45) is 2.61. The third kappa shape index (κ3) is 3.56. The van der Waals surface area contributed by atoms with Crippen molar-refractivity contribution in [1.29, 1.82) is 0 Å². The van der Waals surface area contributed by atoms with E-state index in [-0.39, 0.29) is 0 Å². The molecule has 1 aromatic rings.